The van der Waals surface area contributed by atoms with E-state index < -0.39 is 11.6 Å². The first kappa shape index (κ1) is 13.3. The molecule has 0 heterocycles. The molecule has 20 heavy (non-hydrogen) atoms. The summed E-state index contributed by atoms with van der Waals surface area (Å²) in [5, 5.41) is 0. The first-order valence-electron chi connectivity index (χ1n) is 6.41. The Morgan fingerprint density at radius 3 is 2.40 bits per heavy atom. The minimum Gasteiger partial charge on any atom is -0.298 e. The van der Waals surface area contributed by atoms with Crippen LogP contribution in [0.5, 0.6) is 0 Å². The highest BCUT2D eigenvalue weighted by Gasteiger charge is 2.15. The molecule has 2 aromatic carbocycles. The first-order chi connectivity index (χ1) is 9.67. The molecule has 0 aromatic heterocycles. The number of fused-ring (bicyclic) bond motifs is 1. The molecule has 0 fully saturated rings. The van der Waals surface area contributed by atoms with E-state index in [0.717, 1.165) is 48.1 Å². The summed E-state index contributed by atoms with van der Waals surface area (Å²) >= 11 is 1.06. The molecule has 3 rings (SSSR count). The van der Waals surface area contributed by atoms with Crippen LogP contribution in [0, 0.1) is 11.6 Å². The molecule has 2 aromatic rings. The number of benzene rings is 2. The quantitative estimate of drug-likeness (QED) is 0.778. The molecule has 1 nitrogen and oxygen atoms in total. The molecule has 1 aliphatic carbocycles. The van der Waals surface area contributed by atoms with Crippen LogP contribution in [0.2, 0.25) is 0 Å². The fraction of sp³-hybridized carbons (Fsp3) is 0.188. The monoisotopic (exact) mass is 290 g/mol. The second-order valence-corrected chi connectivity index (χ2v) is 5.90. The molecule has 0 unspecified atom stereocenters. The summed E-state index contributed by atoms with van der Waals surface area (Å²) in [6.45, 7) is 0. The fourth-order valence-electron chi connectivity index (χ4n) is 2.47. The second-order valence-electron chi connectivity index (χ2n) is 4.82. The van der Waals surface area contributed by atoms with Crippen LogP contribution in [0.3, 0.4) is 0 Å². The van der Waals surface area contributed by atoms with Crippen molar-refractivity contribution in [1.29, 1.82) is 0 Å². The molecular weight excluding hydrogens is 278 g/mol. The van der Waals surface area contributed by atoms with Gasteiger partial charge in [0.15, 0.2) is 0 Å². The maximum Gasteiger partial charge on any atom is 0.150 e. The van der Waals surface area contributed by atoms with Gasteiger partial charge in [0.25, 0.3) is 0 Å². The zero-order valence-corrected chi connectivity index (χ0v) is 11.5. The fourth-order valence-corrected chi connectivity index (χ4v) is 3.36. The molecule has 0 N–H and O–H groups in total. The molecule has 0 bridgehead atoms. The Bertz CT molecular complexity index is 659. The number of halogens is 2. The van der Waals surface area contributed by atoms with Crippen molar-refractivity contribution >= 4 is 18.0 Å². The molecule has 1 aliphatic rings. The highest BCUT2D eigenvalue weighted by atomic mass is 32.2. The number of aryl methyl sites for hydroxylation is 2. The Balaban J connectivity index is 1.93. The third-order valence-corrected chi connectivity index (χ3v) is 4.53. The third-order valence-electron chi connectivity index (χ3n) is 3.45. The summed E-state index contributed by atoms with van der Waals surface area (Å²) in [4.78, 5) is 11.3. The Kier molecular flexibility index (Phi) is 3.57. The minimum absolute atomic E-state index is 0.0123. The third kappa shape index (κ3) is 2.48. The van der Waals surface area contributed by atoms with E-state index in [1.54, 1.807) is 0 Å². The Labute approximate surface area is 120 Å². The number of carbonyl (C=O) groups is 1. The number of hydrogen-bond donors (Lipinski definition) is 0. The number of hydrogen-bond acceptors (Lipinski definition) is 2. The Morgan fingerprint density at radius 1 is 1.00 bits per heavy atom. The SMILES string of the molecule is O=Cc1cc(F)c(Sc2ccc3c(c2)CCC3)c(F)c1. The largest absolute Gasteiger partial charge is 0.298 e. The van der Waals surface area contributed by atoms with E-state index in [2.05, 4.69) is 0 Å². The molecular formula is C16H12F2OS. The molecule has 4 heteroatoms. The van der Waals surface area contributed by atoms with Crippen LogP contribution in [0.15, 0.2) is 40.1 Å². The maximum absolute atomic E-state index is 13.8. The zero-order chi connectivity index (χ0) is 14.1. The van der Waals surface area contributed by atoms with E-state index >= 15 is 0 Å². The lowest BCUT2D eigenvalue weighted by molar-refractivity contribution is 0.112. The van der Waals surface area contributed by atoms with Crippen molar-refractivity contribution in [2.75, 3.05) is 0 Å². The van der Waals surface area contributed by atoms with Crippen molar-refractivity contribution in [3.8, 4) is 0 Å². The summed E-state index contributed by atoms with van der Waals surface area (Å²) in [5.41, 5.74) is 2.60. The highest BCUT2D eigenvalue weighted by molar-refractivity contribution is 7.99. The van der Waals surface area contributed by atoms with Gasteiger partial charge in [-0.05, 0) is 54.7 Å². The van der Waals surface area contributed by atoms with Crippen molar-refractivity contribution < 1.29 is 13.6 Å². The Morgan fingerprint density at radius 2 is 1.70 bits per heavy atom. The smallest absolute Gasteiger partial charge is 0.150 e. The van der Waals surface area contributed by atoms with Gasteiger partial charge in [-0.3, -0.25) is 4.79 Å². The van der Waals surface area contributed by atoms with Gasteiger partial charge in [-0.2, -0.15) is 0 Å². The molecule has 102 valence electrons. The van der Waals surface area contributed by atoms with E-state index in [4.69, 9.17) is 0 Å². The van der Waals surface area contributed by atoms with Gasteiger partial charge in [-0.25, -0.2) is 8.78 Å². The van der Waals surface area contributed by atoms with Crippen LogP contribution in [0.4, 0.5) is 8.78 Å². The number of rotatable bonds is 3. The van der Waals surface area contributed by atoms with Crippen molar-refractivity contribution in [3.63, 3.8) is 0 Å². The molecule has 0 saturated heterocycles. The van der Waals surface area contributed by atoms with Gasteiger partial charge in [0.2, 0.25) is 0 Å². The predicted octanol–water partition coefficient (Wildman–Crippen LogP) is 4.42. The second kappa shape index (κ2) is 5.37. The van der Waals surface area contributed by atoms with Gasteiger partial charge >= 0.3 is 0 Å². The summed E-state index contributed by atoms with van der Waals surface area (Å²) in [5.74, 6) is -1.39. The lowest BCUT2D eigenvalue weighted by atomic mass is 10.1. The lowest BCUT2D eigenvalue weighted by Crippen LogP contribution is -1.92. The molecule has 0 aliphatic heterocycles. The van der Waals surface area contributed by atoms with E-state index in [1.807, 2.05) is 18.2 Å². The summed E-state index contributed by atoms with van der Waals surface area (Å²) in [6, 6.07) is 8.04. The zero-order valence-electron chi connectivity index (χ0n) is 10.7. The molecule has 0 spiro atoms. The van der Waals surface area contributed by atoms with E-state index in [-0.39, 0.29) is 10.5 Å². The van der Waals surface area contributed by atoms with Gasteiger partial charge in [0.05, 0.1) is 4.90 Å². The van der Waals surface area contributed by atoms with Crippen LogP contribution < -0.4 is 0 Å². The molecule has 0 saturated carbocycles. The van der Waals surface area contributed by atoms with Crippen LogP contribution >= 0.6 is 11.8 Å². The van der Waals surface area contributed by atoms with Crippen LogP contribution in [-0.2, 0) is 12.8 Å². The van der Waals surface area contributed by atoms with Gasteiger partial charge in [0, 0.05) is 10.5 Å². The van der Waals surface area contributed by atoms with E-state index in [9.17, 15) is 13.6 Å². The molecule has 0 atom stereocenters. The van der Waals surface area contributed by atoms with E-state index in [0.29, 0.717) is 6.29 Å². The average Bonchev–Trinajstić information content (AvgIpc) is 2.90. The highest BCUT2D eigenvalue weighted by Crippen LogP contribution is 2.35. The lowest BCUT2D eigenvalue weighted by Gasteiger charge is -2.07. The first-order valence-corrected chi connectivity index (χ1v) is 7.23. The van der Waals surface area contributed by atoms with Crippen molar-refractivity contribution in [2.45, 2.75) is 29.1 Å². The van der Waals surface area contributed by atoms with Crippen LogP contribution in [0.25, 0.3) is 0 Å². The predicted molar refractivity (Wildman–Crippen MR) is 74.3 cm³/mol. The number of aldehydes is 1. The topological polar surface area (TPSA) is 17.1 Å². The Hall–Kier alpha value is -1.68. The average molecular weight is 290 g/mol. The summed E-state index contributed by atoms with van der Waals surface area (Å²) in [6.07, 6.45) is 3.69. The minimum atomic E-state index is -0.697. The standard InChI is InChI=1S/C16H12F2OS/c17-14-6-10(9-19)7-15(18)16(14)20-13-5-4-11-2-1-3-12(11)8-13/h4-9H,1-3H2. The molecule has 0 radical (unpaired) electrons. The number of carbonyl (C=O) groups excluding carboxylic acids is 1. The van der Waals surface area contributed by atoms with Gasteiger partial charge in [0.1, 0.15) is 17.9 Å². The van der Waals surface area contributed by atoms with Gasteiger partial charge in [-0.1, -0.05) is 17.8 Å². The van der Waals surface area contributed by atoms with Gasteiger partial charge in [-0.15, -0.1) is 0 Å². The van der Waals surface area contributed by atoms with Crippen molar-refractivity contribution in [3.05, 3.63) is 58.7 Å². The summed E-state index contributed by atoms with van der Waals surface area (Å²) < 4.78 is 27.7. The van der Waals surface area contributed by atoms with Crippen molar-refractivity contribution in [1.82, 2.24) is 0 Å². The van der Waals surface area contributed by atoms with Crippen LogP contribution in [-0.4, -0.2) is 6.29 Å². The normalized spacial score (nSPS) is 13.3. The van der Waals surface area contributed by atoms with E-state index in [1.165, 1.54) is 11.1 Å². The molecule has 0 amide bonds. The van der Waals surface area contributed by atoms with Gasteiger partial charge < -0.3 is 0 Å². The van der Waals surface area contributed by atoms with Crippen LogP contribution in [0.1, 0.15) is 27.9 Å². The maximum atomic E-state index is 13.8. The van der Waals surface area contributed by atoms with Crippen molar-refractivity contribution in [2.24, 2.45) is 0 Å². The summed E-state index contributed by atoms with van der Waals surface area (Å²) in [7, 11) is 0.